The molecule has 3 heteroatoms. The second kappa shape index (κ2) is 7.16. The second-order valence-electron chi connectivity index (χ2n) is 2.68. The third-order valence-electron chi connectivity index (χ3n) is 1.65. The van der Waals surface area contributed by atoms with Crippen molar-refractivity contribution in [1.82, 2.24) is 9.97 Å². The van der Waals surface area contributed by atoms with E-state index >= 15 is 0 Å². The van der Waals surface area contributed by atoms with E-state index in [-0.39, 0.29) is 0 Å². The smallest absolute Gasteiger partial charge is 0.113 e. The van der Waals surface area contributed by atoms with E-state index in [0.29, 0.717) is 0 Å². The van der Waals surface area contributed by atoms with Gasteiger partial charge in [0.25, 0.3) is 0 Å². The molecule has 2 aromatic heterocycles. The van der Waals surface area contributed by atoms with Gasteiger partial charge >= 0.3 is 0 Å². The summed E-state index contributed by atoms with van der Waals surface area (Å²) < 4.78 is 0. The van der Waals surface area contributed by atoms with Gasteiger partial charge in [0.1, 0.15) is 11.4 Å². The van der Waals surface area contributed by atoms with Crippen molar-refractivity contribution in [3.8, 4) is 11.8 Å². The predicted octanol–water partition coefficient (Wildman–Crippen LogP) is 1.48. The summed E-state index contributed by atoms with van der Waals surface area (Å²) in [6, 6.07) is 11.3. The first kappa shape index (κ1) is 11.9. The monoisotopic (exact) mass is 212 g/mol. The molecule has 0 atom stereocenters. The van der Waals surface area contributed by atoms with Crippen LogP contribution in [0.4, 0.5) is 0 Å². The Hall–Kier alpha value is -2.18. The van der Waals surface area contributed by atoms with E-state index in [4.69, 9.17) is 5.11 Å². The van der Waals surface area contributed by atoms with Crippen LogP contribution in [-0.4, -0.2) is 22.2 Å². The van der Waals surface area contributed by atoms with Crippen LogP contribution in [0.3, 0.4) is 0 Å². The first-order chi connectivity index (χ1) is 7.95. The van der Waals surface area contributed by atoms with Gasteiger partial charge in [-0.25, -0.2) is 9.97 Å². The van der Waals surface area contributed by atoms with Crippen LogP contribution in [0.15, 0.2) is 48.8 Å². The van der Waals surface area contributed by atoms with Gasteiger partial charge in [-0.2, -0.15) is 0 Å². The first-order valence-electron chi connectivity index (χ1n) is 4.74. The van der Waals surface area contributed by atoms with Gasteiger partial charge in [0.05, 0.1) is 0 Å². The van der Waals surface area contributed by atoms with Crippen LogP contribution in [0.1, 0.15) is 11.4 Å². The lowest BCUT2D eigenvalue weighted by Crippen LogP contribution is -1.81. The Bertz CT molecular complexity index is 414. The number of aromatic nitrogens is 2. The van der Waals surface area contributed by atoms with E-state index in [0.717, 1.165) is 18.5 Å². The molecule has 0 aliphatic rings. The van der Waals surface area contributed by atoms with Gasteiger partial charge in [0, 0.05) is 19.5 Å². The van der Waals surface area contributed by atoms with Gasteiger partial charge in [-0.05, 0) is 36.1 Å². The van der Waals surface area contributed by atoms with Crippen LogP contribution < -0.4 is 0 Å². The van der Waals surface area contributed by atoms with Crippen LogP contribution in [0.25, 0.3) is 0 Å². The molecule has 0 saturated carbocycles. The molecule has 2 aromatic rings. The third kappa shape index (κ3) is 3.91. The lowest BCUT2D eigenvalue weighted by atomic mass is 10.3. The molecule has 80 valence electrons. The maximum absolute atomic E-state index is 7.00. The van der Waals surface area contributed by atoms with Crippen molar-refractivity contribution in [2.24, 2.45) is 0 Å². The minimum Gasteiger partial charge on any atom is -0.400 e. The van der Waals surface area contributed by atoms with Crippen molar-refractivity contribution in [3.05, 3.63) is 60.2 Å². The summed E-state index contributed by atoms with van der Waals surface area (Å²) in [5, 5.41) is 7.00. The van der Waals surface area contributed by atoms with Crippen molar-refractivity contribution in [2.45, 2.75) is 0 Å². The zero-order valence-electron chi connectivity index (χ0n) is 8.96. The number of rotatable bonds is 0. The van der Waals surface area contributed by atoms with Gasteiger partial charge in [0.2, 0.25) is 0 Å². The molecule has 0 saturated heterocycles. The largest absolute Gasteiger partial charge is 0.400 e. The second-order valence-corrected chi connectivity index (χ2v) is 2.68. The maximum Gasteiger partial charge on any atom is 0.113 e. The highest BCUT2D eigenvalue weighted by atomic mass is 16.2. The topological polar surface area (TPSA) is 46.0 Å². The number of hydrogen-bond donors (Lipinski definition) is 1. The number of nitrogens with zero attached hydrogens (tertiary/aromatic N) is 2. The van der Waals surface area contributed by atoms with Crippen molar-refractivity contribution >= 4 is 0 Å². The molecule has 0 amide bonds. The highest BCUT2D eigenvalue weighted by Crippen LogP contribution is 1.92. The third-order valence-corrected chi connectivity index (χ3v) is 1.65. The summed E-state index contributed by atoms with van der Waals surface area (Å²) in [6.45, 7) is 0. The van der Waals surface area contributed by atoms with Crippen LogP contribution in [0, 0.1) is 11.8 Å². The van der Waals surface area contributed by atoms with Gasteiger partial charge in [-0.1, -0.05) is 12.1 Å². The molecule has 0 aromatic carbocycles. The Kier molecular flexibility index (Phi) is 5.32. The molecule has 1 N–H and O–H groups in total. The van der Waals surface area contributed by atoms with Crippen LogP contribution >= 0.6 is 0 Å². The normalized spacial score (nSPS) is 8.12. The Morgan fingerprint density at radius 2 is 1.25 bits per heavy atom. The van der Waals surface area contributed by atoms with E-state index in [1.807, 2.05) is 36.4 Å². The zero-order chi connectivity index (χ0) is 11.6. The van der Waals surface area contributed by atoms with Gasteiger partial charge in [-0.15, -0.1) is 0 Å². The van der Waals surface area contributed by atoms with Crippen molar-refractivity contribution in [3.63, 3.8) is 0 Å². The maximum atomic E-state index is 7.00. The van der Waals surface area contributed by atoms with E-state index < -0.39 is 0 Å². The van der Waals surface area contributed by atoms with Crippen molar-refractivity contribution < 1.29 is 5.11 Å². The lowest BCUT2D eigenvalue weighted by molar-refractivity contribution is 0.399. The standard InChI is InChI=1S/C12H8N2.CH4O/c1-3-9-13-11(5-1)7-8-12-6-2-4-10-14-12;1-2/h1-6,9-10H;2H,1H3. The highest BCUT2D eigenvalue weighted by Gasteiger charge is 1.85. The Morgan fingerprint density at radius 1 is 0.812 bits per heavy atom. The molecule has 0 aliphatic heterocycles. The molecular weight excluding hydrogens is 200 g/mol. The summed E-state index contributed by atoms with van der Waals surface area (Å²) in [4.78, 5) is 8.18. The number of aliphatic hydroxyl groups excluding tert-OH is 1. The fourth-order valence-corrected chi connectivity index (χ4v) is 1.00. The molecular formula is C13H12N2O. The molecule has 0 unspecified atom stereocenters. The first-order valence-corrected chi connectivity index (χ1v) is 4.74. The van der Waals surface area contributed by atoms with Crippen molar-refractivity contribution in [2.75, 3.05) is 7.11 Å². The quantitative estimate of drug-likeness (QED) is 0.673. The average molecular weight is 212 g/mol. The van der Waals surface area contributed by atoms with Gasteiger partial charge in [-0.3, -0.25) is 0 Å². The number of pyridine rings is 2. The molecule has 16 heavy (non-hydrogen) atoms. The molecule has 3 nitrogen and oxygen atoms in total. The van der Waals surface area contributed by atoms with E-state index in [1.54, 1.807) is 12.4 Å². The molecule has 2 rings (SSSR count). The van der Waals surface area contributed by atoms with E-state index in [2.05, 4.69) is 21.8 Å². The fourth-order valence-electron chi connectivity index (χ4n) is 1.00. The van der Waals surface area contributed by atoms with Crippen LogP contribution in [0.2, 0.25) is 0 Å². The van der Waals surface area contributed by atoms with Gasteiger partial charge in [0.15, 0.2) is 0 Å². The molecule has 0 bridgehead atoms. The molecule has 0 radical (unpaired) electrons. The molecule has 0 aliphatic carbocycles. The SMILES string of the molecule is C(#Cc1ccccn1)c1ccccn1.CO. The summed E-state index contributed by atoms with van der Waals surface area (Å²) in [5.74, 6) is 5.87. The van der Waals surface area contributed by atoms with Crippen molar-refractivity contribution in [1.29, 1.82) is 0 Å². The van der Waals surface area contributed by atoms with Crippen LogP contribution in [0.5, 0.6) is 0 Å². The van der Waals surface area contributed by atoms with E-state index in [9.17, 15) is 0 Å². The van der Waals surface area contributed by atoms with Crippen LogP contribution in [-0.2, 0) is 0 Å². The Labute approximate surface area is 94.8 Å². The average Bonchev–Trinajstić information content (AvgIpc) is 2.41. The van der Waals surface area contributed by atoms with E-state index in [1.165, 1.54) is 0 Å². The summed E-state index contributed by atoms with van der Waals surface area (Å²) >= 11 is 0. The minimum absolute atomic E-state index is 0.762. The summed E-state index contributed by atoms with van der Waals surface area (Å²) in [6.07, 6.45) is 3.45. The zero-order valence-corrected chi connectivity index (χ0v) is 8.96. The minimum atomic E-state index is 0.762. The highest BCUT2D eigenvalue weighted by molar-refractivity contribution is 5.35. The van der Waals surface area contributed by atoms with Gasteiger partial charge < -0.3 is 5.11 Å². The molecule has 2 heterocycles. The number of aliphatic hydroxyl groups is 1. The summed E-state index contributed by atoms with van der Waals surface area (Å²) in [5.41, 5.74) is 1.52. The fraction of sp³-hybridized carbons (Fsp3) is 0.0769. The lowest BCUT2D eigenvalue weighted by Gasteiger charge is -1.87. The summed E-state index contributed by atoms with van der Waals surface area (Å²) in [7, 11) is 1.00. The number of hydrogen-bond acceptors (Lipinski definition) is 3. The molecule has 0 spiro atoms. The Morgan fingerprint density at radius 3 is 1.56 bits per heavy atom. The Balaban J connectivity index is 0.000000606. The molecule has 0 fully saturated rings. The predicted molar refractivity (Wildman–Crippen MR) is 62.6 cm³/mol.